The SMILES string of the molecule is CCNC(=NCc1cccc(C)c1)NCc1nnc2n1CCCC2.I. The van der Waals surface area contributed by atoms with E-state index >= 15 is 0 Å². The van der Waals surface area contributed by atoms with Gasteiger partial charge in [-0.3, -0.25) is 0 Å². The fourth-order valence-electron chi connectivity index (χ4n) is 2.98. The van der Waals surface area contributed by atoms with E-state index in [1.165, 1.54) is 24.0 Å². The fraction of sp³-hybridized carbons (Fsp3) is 0.500. The summed E-state index contributed by atoms with van der Waals surface area (Å²) in [5, 5.41) is 15.3. The predicted molar refractivity (Wildman–Crippen MR) is 111 cm³/mol. The highest BCUT2D eigenvalue weighted by molar-refractivity contribution is 14.0. The molecule has 0 saturated carbocycles. The van der Waals surface area contributed by atoms with Crippen LogP contribution in [0.15, 0.2) is 29.3 Å². The lowest BCUT2D eigenvalue weighted by molar-refractivity contribution is 0.504. The first-order chi connectivity index (χ1) is 11.8. The molecule has 1 aromatic carbocycles. The van der Waals surface area contributed by atoms with Crippen molar-refractivity contribution >= 4 is 29.9 Å². The molecule has 1 aliphatic rings. The van der Waals surface area contributed by atoms with Crippen LogP contribution in [0.1, 0.15) is 42.5 Å². The van der Waals surface area contributed by atoms with E-state index in [2.05, 4.69) is 68.5 Å². The molecule has 136 valence electrons. The van der Waals surface area contributed by atoms with Crippen LogP contribution in [0.2, 0.25) is 0 Å². The zero-order valence-corrected chi connectivity index (χ0v) is 17.3. The third-order valence-corrected chi connectivity index (χ3v) is 4.20. The smallest absolute Gasteiger partial charge is 0.191 e. The van der Waals surface area contributed by atoms with Crippen LogP contribution in [0.5, 0.6) is 0 Å². The van der Waals surface area contributed by atoms with Crippen molar-refractivity contribution in [1.29, 1.82) is 0 Å². The van der Waals surface area contributed by atoms with Crippen molar-refractivity contribution in [3.63, 3.8) is 0 Å². The highest BCUT2D eigenvalue weighted by Gasteiger charge is 2.15. The number of benzene rings is 1. The Morgan fingerprint density at radius 2 is 2.12 bits per heavy atom. The minimum atomic E-state index is 0. The van der Waals surface area contributed by atoms with E-state index in [1.54, 1.807) is 0 Å². The number of guanidine groups is 1. The second kappa shape index (κ2) is 9.74. The minimum absolute atomic E-state index is 0. The number of hydrogen-bond acceptors (Lipinski definition) is 3. The Balaban J connectivity index is 0.00000225. The van der Waals surface area contributed by atoms with Crippen LogP contribution >= 0.6 is 24.0 Å². The van der Waals surface area contributed by atoms with Crippen LogP contribution in [-0.2, 0) is 26.1 Å². The molecule has 0 radical (unpaired) electrons. The molecule has 1 aromatic heterocycles. The Bertz CT molecular complexity index is 709. The standard InChI is InChI=1S/C18H26N6.HI/c1-3-19-18(20-12-15-8-6-7-14(2)11-15)21-13-17-23-22-16-9-4-5-10-24(16)17;/h6-8,11H,3-5,9-10,12-13H2,1-2H3,(H2,19,20,21);1H. The average molecular weight is 454 g/mol. The monoisotopic (exact) mass is 454 g/mol. The van der Waals surface area contributed by atoms with Crippen molar-refractivity contribution in [1.82, 2.24) is 25.4 Å². The van der Waals surface area contributed by atoms with E-state index in [0.717, 1.165) is 37.1 Å². The number of aliphatic imine (C=N–C) groups is 1. The number of halogens is 1. The van der Waals surface area contributed by atoms with Crippen molar-refractivity contribution in [2.24, 2.45) is 4.99 Å². The Hall–Kier alpha value is -1.64. The van der Waals surface area contributed by atoms with Gasteiger partial charge in [0.15, 0.2) is 11.8 Å². The first kappa shape index (κ1) is 19.7. The maximum atomic E-state index is 4.67. The molecule has 0 aliphatic carbocycles. The number of aryl methyl sites for hydroxylation is 2. The molecule has 0 fully saturated rings. The number of rotatable bonds is 5. The molecule has 25 heavy (non-hydrogen) atoms. The normalized spacial score (nSPS) is 13.8. The van der Waals surface area contributed by atoms with E-state index in [-0.39, 0.29) is 24.0 Å². The van der Waals surface area contributed by atoms with Gasteiger partial charge in [-0.1, -0.05) is 29.8 Å². The van der Waals surface area contributed by atoms with E-state index in [0.29, 0.717) is 13.1 Å². The lowest BCUT2D eigenvalue weighted by Crippen LogP contribution is -2.37. The van der Waals surface area contributed by atoms with Crippen LogP contribution < -0.4 is 10.6 Å². The Morgan fingerprint density at radius 1 is 1.24 bits per heavy atom. The lowest BCUT2D eigenvalue weighted by atomic mass is 10.1. The molecule has 6 nitrogen and oxygen atoms in total. The first-order valence-electron chi connectivity index (χ1n) is 8.75. The highest BCUT2D eigenvalue weighted by Crippen LogP contribution is 2.14. The second-order valence-corrected chi connectivity index (χ2v) is 6.18. The Morgan fingerprint density at radius 3 is 2.92 bits per heavy atom. The lowest BCUT2D eigenvalue weighted by Gasteiger charge is -2.16. The fourth-order valence-corrected chi connectivity index (χ4v) is 2.98. The second-order valence-electron chi connectivity index (χ2n) is 6.18. The van der Waals surface area contributed by atoms with Crippen LogP contribution in [0.4, 0.5) is 0 Å². The van der Waals surface area contributed by atoms with E-state index in [4.69, 9.17) is 0 Å². The average Bonchev–Trinajstić information content (AvgIpc) is 3.01. The molecule has 7 heteroatoms. The summed E-state index contributed by atoms with van der Waals surface area (Å²) >= 11 is 0. The summed E-state index contributed by atoms with van der Waals surface area (Å²) in [5.74, 6) is 2.91. The highest BCUT2D eigenvalue weighted by atomic mass is 127. The summed E-state index contributed by atoms with van der Waals surface area (Å²) < 4.78 is 2.24. The topological polar surface area (TPSA) is 67.1 Å². The number of nitrogens with zero attached hydrogens (tertiary/aromatic N) is 4. The maximum Gasteiger partial charge on any atom is 0.191 e. The Kier molecular flexibility index (Phi) is 7.67. The maximum absolute atomic E-state index is 4.67. The zero-order chi connectivity index (χ0) is 16.8. The van der Waals surface area contributed by atoms with Gasteiger partial charge in [-0.25, -0.2) is 4.99 Å². The molecule has 1 aliphatic heterocycles. The summed E-state index contributed by atoms with van der Waals surface area (Å²) in [5.41, 5.74) is 2.47. The summed E-state index contributed by atoms with van der Waals surface area (Å²) in [6.45, 7) is 7.34. The largest absolute Gasteiger partial charge is 0.357 e. The minimum Gasteiger partial charge on any atom is -0.357 e. The van der Waals surface area contributed by atoms with Gasteiger partial charge in [0.25, 0.3) is 0 Å². The molecule has 0 amide bonds. The van der Waals surface area contributed by atoms with Crippen LogP contribution in [0, 0.1) is 6.92 Å². The number of aromatic nitrogens is 3. The third kappa shape index (κ3) is 5.42. The molecular formula is C18H27IN6. The van der Waals surface area contributed by atoms with Crippen molar-refractivity contribution in [3.8, 4) is 0 Å². The van der Waals surface area contributed by atoms with Crippen molar-refractivity contribution in [2.75, 3.05) is 6.54 Å². The molecule has 0 atom stereocenters. The van der Waals surface area contributed by atoms with Crippen LogP contribution in [0.25, 0.3) is 0 Å². The van der Waals surface area contributed by atoms with Gasteiger partial charge in [-0.15, -0.1) is 34.2 Å². The van der Waals surface area contributed by atoms with Gasteiger partial charge in [0.05, 0.1) is 13.1 Å². The number of hydrogen-bond donors (Lipinski definition) is 2. The number of nitrogens with one attached hydrogen (secondary N) is 2. The van der Waals surface area contributed by atoms with Gasteiger partial charge in [0, 0.05) is 19.5 Å². The quantitative estimate of drug-likeness (QED) is 0.414. The molecule has 0 spiro atoms. The molecule has 0 saturated heterocycles. The van der Waals surface area contributed by atoms with E-state index in [1.807, 2.05) is 0 Å². The molecule has 0 bridgehead atoms. The first-order valence-corrected chi connectivity index (χ1v) is 8.75. The molecule has 2 N–H and O–H groups in total. The summed E-state index contributed by atoms with van der Waals surface area (Å²) in [4.78, 5) is 4.67. The molecule has 2 aromatic rings. The number of fused-ring (bicyclic) bond motifs is 1. The summed E-state index contributed by atoms with van der Waals surface area (Å²) in [6.07, 6.45) is 3.46. The van der Waals surface area contributed by atoms with Crippen LogP contribution in [-0.4, -0.2) is 27.3 Å². The molecular weight excluding hydrogens is 427 g/mol. The van der Waals surface area contributed by atoms with Crippen molar-refractivity contribution < 1.29 is 0 Å². The van der Waals surface area contributed by atoms with Gasteiger partial charge in [-0.05, 0) is 32.3 Å². The Labute approximate surface area is 166 Å². The van der Waals surface area contributed by atoms with E-state index < -0.39 is 0 Å². The van der Waals surface area contributed by atoms with Gasteiger partial charge in [0.2, 0.25) is 0 Å². The van der Waals surface area contributed by atoms with Crippen molar-refractivity contribution in [3.05, 3.63) is 47.0 Å². The van der Waals surface area contributed by atoms with Gasteiger partial charge in [0.1, 0.15) is 5.82 Å². The zero-order valence-electron chi connectivity index (χ0n) is 15.0. The van der Waals surface area contributed by atoms with Gasteiger partial charge in [-0.2, -0.15) is 0 Å². The van der Waals surface area contributed by atoms with Gasteiger partial charge < -0.3 is 15.2 Å². The summed E-state index contributed by atoms with van der Waals surface area (Å²) in [6, 6.07) is 8.45. The van der Waals surface area contributed by atoms with Gasteiger partial charge >= 0.3 is 0 Å². The van der Waals surface area contributed by atoms with Crippen LogP contribution in [0.3, 0.4) is 0 Å². The third-order valence-electron chi connectivity index (χ3n) is 4.20. The summed E-state index contributed by atoms with van der Waals surface area (Å²) in [7, 11) is 0. The van der Waals surface area contributed by atoms with Crippen molar-refractivity contribution in [2.45, 2.75) is 52.7 Å². The predicted octanol–water partition coefficient (Wildman–Crippen LogP) is 2.80. The molecule has 0 unspecified atom stereocenters. The molecule has 2 heterocycles. The molecule has 3 rings (SSSR count). The van der Waals surface area contributed by atoms with E-state index in [9.17, 15) is 0 Å².